The summed E-state index contributed by atoms with van der Waals surface area (Å²) < 4.78 is 15.4. The maximum absolute atomic E-state index is 6.21. The lowest BCUT2D eigenvalue weighted by Crippen LogP contribution is -2.07. The van der Waals surface area contributed by atoms with Crippen LogP contribution in [0.1, 0.15) is 12.0 Å². The lowest BCUT2D eigenvalue weighted by molar-refractivity contribution is 0.194. The number of ether oxygens (including phenoxy) is 3. The second kappa shape index (κ2) is 7.41. The van der Waals surface area contributed by atoms with Gasteiger partial charge in [0, 0.05) is 19.1 Å². The average molecular weight is 259 g/mol. The minimum absolute atomic E-state index is 0.0769. The Morgan fingerprint density at radius 1 is 1.12 bits per heavy atom. The van der Waals surface area contributed by atoms with Crippen molar-refractivity contribution >= 4 is 11.6 Å². The van der Waals surface area contributed by atoms with Gasteiger partial charge in [0.15, 0.2) is 11.5 Å². The van der Waals surface area contributed by atoms with Crippen LogP contribution in [0.25, 0.3) is 0 Å². The molecule has 0 saturated carbocycles. The van der Waals surface area contributed by atoms with Crippen LogP contribution in [0.2, 0.25) is 0 Å². The number of hydrogen-bond acceptors (Lipinski definition) is 3. The van der Waals surface area contributed by atoms with E-state index in [1.807, 2.05) is 18.2 Å². The topological polar surface area (TPSA) is 27.7 Å². The molecule has 0 radical (unpaired) electrons. The first-order valence-electron chi connectivity index (χ1n) is 5.55. The maximum atomic E-state index is 6.21. The molecule has 0 aromatic heterocycles. The van der Waals surface area contributed by atoms with Crippen molar-refractivity contribution in [1.82, 2.24) is 0 Å². The Balaban J connectivity index is 2.65. The maximum Gasteiger partial charge on any atom is 0.160 e. The lowest BCUT2D eigenvalue weighted by Gasteiger charge is -2.12. The SMILES string of the molecule is COCCC(Cl)Cc1ccc(OC)c(OC)c1. The normalized spacial score (nSPS) is 12.2. The third kappa shape index (κ3) is 4.44. The molecule has 0 fully saturated rings. The standard InChI is InChI=1S/C13H19ClO3/c1-15-7-6-11(14)8-10-4-5-12(16-2)13(9-10)17-3/h4-5,9,11H,6-8H2,1-3H3. The van der Waals surface area contributed by atoms with Crippen LogP contribution in [0, 0.1) is 0 Å². The summed E-state index contributed by atoms with van der Waals surface area (Å²) in [6.45, 7) is 0.682. The molecule has 1 unspecified atom stereocenters. The van der Waals surface area contributed by atoms with Gasteiger partial charge in [-0.15, -0.1) is 11.6 Å². The largest absolute Gasteiger partial charge is 0.493 e. The number of hydrogen-bond donors (Lipinski definition) is 0. The molecule has 0 aliphatic carbocycles. The van der Waals surface area contributed by atoms with Crippen LogP contribution in [0.4, 0.5) is 0 Å². The molecule has 4 heteroatoms. The summed E-state index contributed by atoms with van der Waals surface area (Å²) >= 11 is 6.21. The predicted octanol–water partition coefficient (Wildman–Crippen LogP) is 2.89. The molecule has 0 N–H and O–H groups in total. The zero-order valence-electron chi connectivity index (χ0n) is 10.5. The Kier molecular flexibility index (Phi) is 6.16. The zero-order valence-corrected chi connectivity index (χ0v) is 11.3. The summed E-state index contributed by atoms with van der Waals surface area (Å²) in [4.78, 5) is 0. The summed E-state index contributed by atoms with van der Waals surface area (Å²) in [5, 5.41) is 0.0769. The molecule has 1 atom stereocenters. The summed E-state index contributed by atoms with van der Waals surface area (Å²) in [5.41, 5.74) is 1.14. The minimum Gasteiger partial charge on any atom is -0.493 e. The molecule has 0 spiro atoms. The number of rotatable bonds is 7. The molecule has 0 amide bonds. The van der Waals surface area contributed by atoms with Crippen LogP contribution in [0.15, 0.2) is 18.2 Å². The fourth-order valence-corrected chi connectivity index (χ4v) is 1.88. The highest BCUT2D eigenvalue weighted by Crippen LogP contribution is 2.28. The van der Waals surface area contributed by atoms with E-state index in [-0.39, 0.29) is 5.38 Å². The third-order valence-electron chi connectivity index (χ3n) is 2.54. The van der Waals surface area contributed by atoms with Crippen molar-refractivity contribution in [2.75, 3.05) is 27.9 Å². The van der Waals surface area contributed by atoms with E-state index in [4.69, 9.17) is 25.8 Å². The second-order valence-corrected chi connectivity index (χ2v) is 4.39. The third-order valence-corrected chi connectivity index (χ3v) is 2.91. The molecule has 17 heavy (non-hydrogen) atoms. The fraction of sp³-hybridized carbons (Fsp3) is 0.538. The number of benzene rings is 1. The van der Waals surface area contributed by atoms with Gasteiger partial charge >= 0.3 is 0 Å². The Bertz CT molecular complexity index is 341. The van der Waals surface area contributed by atoms with Gasteiger partial charge in [0.25, 0.3) is 0 Å². The molecule has 0 heterocycles. The van der Waals surface area contributed by atoms with Gasteiger partial charge in [0.05, 0.1) is 14.2 Å². The summed E-state index contributed by atoms with van der Waals surface area (Å²) in [6, 6.07) is 5.86. The molecule has 0 aliphatic rings. The van der Waals surface area contributed by atoms with Crippen molar-refractivity contribution in [2.24, 2.45) is 0 Å². The summed E-state index contributed by atoms with van der Waals surface area (Å²) in [5.74, 6) is 1.47. The van der Waals surface area contributed by atoms with Gasteiger partial charge in [-0.1, -0.05) is 6.07 Å². The van der Waals surface area contributed by atoms with Gasteiger partial charge in [-0.2, -0.15) is 0 Å². The van der Waals surface area contributed by atoms with Gasteiger partial charge in [0.1, 0.15) is 0 Å². The first-order valence-corrected chi connectivity index (χ1v) is 5.98. The molecular weight excluding hydrogens is 240 g/mol. The predicted molar refractivity (Wildman–Crippen MR) is 69.4 cm³/mol. The van der Waals surface area contributed by atoms with Crippen LogP contribution in [-0.4, -0.2) is 33.3 Å². The lowest BCUT2D eigenvalue weighted by atomic mass is 10.1. The van der Waals surface area contributed by atoms with Gasteiger partial charge < -0.3 is 14.2 Å². The molecule has 96 valence electrons. The van der Waals surface area contributed by atoms with Crippen LogP contribution in [0.3, 0.4) is 0 Å². The minimum atomic E-state index is 0.0769. The van der Waals surface area contributed by atoms with Crippen molar-refractivity contribution in [2.45, 2.75) is 18.2 Å². The molecule has 1 aromatic carbocycles. The monoisotopic (exact) mass is 258 g/mol. The van der Waals surface area contributed by atoms with Crippen LogP contribution in [-0.2, 0) is 11.2 Å². The highest BCUT2D eigenvalue weighted by Gasteiger charge is 2.09. The van der Waals surface area contributed by atoms with E-state index in [0.29, 0.717) is 6.61 Å². The summed E-state index contributed by atoms with van der Waals surface area (Å²) in [7, 11) is 4.94. The molecule has 0 bridgehead atoms. The smallest absolute Gasteiger partial charge is 0.160 e. The quantitative estimate of drug-likeness (QED) is 0.704. The van der Waals surface area contributed by atoms with Gasteiger partial charge in [-0.3, -0.25) is 0 Å². The van der Waals surface area contributed by atoms with Crippen LogP contribution in [0.5, 0.6) is 11.5 Å². The van der Waals surface area contributed by atoms with E-state index in [9.17, 15) is 0 Å². The van der Waals surface area contributed by atoms with E-state index >= 15 is 0 Å². The van der Waals surface area contributed by atoms with E-state index in [0.717, 1.165) is 29.9 Å². The molecule has 0 aliphatic heterocycles. The number of alkyl halides is 1. The zero-order chi connectivity index (χ0) is 12.7. The first kappa shape index (κ1) is 14.1. The summed E-state index contributed by atoms with van der Waals surface area (Å²) in [6.07, 6.45) is 1.64. The second-order valence-electron chi connectivity index (χ2n) is 3.77. The first-order chi connectivity index (χ1) is 8.21. The molecule has 3 nitrogen and oxygen atoms in total. The van der Waals surface area contributed by atoms with E-state index < -0.39 is 0 Å². The van der Waals surface area contributed by atoms with Crippen molar-refractivity contribution in [3.8, 4) is 11.5 Å². The van der Waals surface area contributed by atoms with Crippen molar-refractivity contribution < 1.29 is 14.2 Å². The number of halogens is 1. The molecular formula is C13H19ClO3. The Morgan fingerprint density at radius 3 is 2.41 bits per heavy atom. The van der Waals surface area contributed by atoms with Crippen molar-refractivity contribution in [3.05, 3.63) is 23.8 Å². The van der Waals surface area contributed by atoms with Gasteiger partial charge in [0.2, 0.25) is 0 Å². The Hall–Kier alpha value is -0.930. The van der Waals surface area contributed by atoms with Crippen LogP contribution < -0.4 is 9.47 Å². The Labute approximate surface area is 108 Å². The van der Waals surface area contributed by atoms with E-state index in [2.05, 4.69) is 0 Å². The van der Waals surface area contributed by atoms with Crippen molar-refractivity contribution in [3.63, 3.8) is 0 Å². The number of methoxy groups -OCH3 is 3. The van der Waals surface area contributed by atoms with Crippen molar-refractivity contribution in [1.29, 1.82) is 0 Å². The molecule has 0 saturated heterocycles. The van der Waals surface area contributed by atoms with E-state index in [1.165, 1.54) is 0 Å². The molecule has 1 rings (SSSR count). The average Bonchev–Trinajstić information content (AvgIpc) is 2.36. The highest BCUT2D eigenvalue weighted by atomic mass is 35.5. The van der Waals surface area contributed by atoms with Crippen LogP contribution >= 0.6 is 11.6 Å². The fourth-order valence-electron chi connectivity index (χ4n) is 1.61. The van der Waals surface area contributed by atoms with Gasteiger partial charge in [-0.25, -0.2) is 0 Å². The highest BCUT2D eigenvalue weighted by molar-refractivity contribution is 6.20. The molecule has 1 aromatic rings. The Morgan fingerprint density at radius 2 is 1.82 bits per heavy atom. The van der Waals surface area contributed by atoms with E-state index in [1.54, 1.807) is 21.3 Å². The van der Waals surface area contributed by atoms with Gasteiger partial charge in [-0.05, 0) is 30.5 Å².